The smallest absolute Gasteiger partial charge is 0.410 e. The van der Waals surface area contributed by atoms with Gasteiger partial charge in [0.25, 0.3) is 0 Å². The lowest BCUT2D eigenvalue weighted by Crippen LogP contribution is -2.42. The Labute approximate surface area is 161 Å². The van der Waals surface area contributed by atoms with E-state index in [4.69, 9.17) is 9.47 Å². The van der Waals surface area contributed by atoms with E-state index in [1.807, 2.05) is 34.9 Å². The molecule has 0 aliphatic carbocycles. The third kappa shape index (κ3) is 5.85. The molecule has 1 aromatic carbocycles. The summed E-state index contributed by atoms with van der Waals surface area (Å²) in [7, 11) is 5.36. The largest absolute Gasteiger partial charge is 0.491 e. The Balaban J connectivity index is 2.02. The first kappa shape index (κ1) is 21.0. The molecule has 1 saturated heterocycles. The normalized spacial score (nSPS) is 19.9. The van der Waals surface area contributed by atoms with Gasteiger partial charge in [0.15, 0.2) is 0 Å². The summed E-state index contributed by atoms with van der Waals surface area (Å²) < 4.78 is 16.1. The fourth-order valence-electron chi connectivity index (χ4n) is 2.97. The van der Waals surface area contributed by atoms with Crippen molar-refractivity contribution in [3.63, 3.8) is 0 Å². The monoisotopic (exact) mass is 378 g/mol. The fourth-order valence-corrected chi connectivity index (χ4v) is 2.97. The maximum Gasteiger partial charge on any atom is 0.410 e. The van der Waals surface area contributed by atoms with Gasteiger partial charge in [-0.3, -0.25) is 0 Å². The highest BCUT2D eigenvalue weighted by Gasteiger charge is 2.38. The van der Waals surface area contributed by atoms with Gasteiger partial charge in [0.1, 0.15) is 18.0 Å². The van der Waals surface area contributed by atoms with E-state index in [1.54, 1.807) is 29.2 Å². The molecule has 150 valence electrons. The summed E-state index contributed by atoms with van der Waals surface area (Å²) in [5, 5.41) is 0. The van der Waals surface area contributed by atoms with Crippen LogP contribution in [0, 0.1) is 0 Å². The Kier molecular flexibility index (Phi) is 6.70. The van der Waals surface area contributed by atoms with Crippen LogP contribution in [0.15, 0.2) is 24.3 Å². The second kappa shape index (κ2) is 8.61. The molecular formula is C20H30N2O5. The fraction of sp³-hybridized carbons (Fsp3) is 0.600. The lowest BCUT2D eigenvalue weighted by atomic mass is 10.1. The van der Waals surface area contributed by atoms with Crippen molar-refractivity contribution in [2.45, 2.75) is 44.9 Å². The molecule has 1 fully saturated rings. The van der Waals surface area contributed by atoms with Gasteiger partial charge in [-0.05, 0) is 65.6 Å². The Hall–Kier alpha value is -2.28. The number of hydrogen-bond donors (Lipinski definition) is 0. The van der Waals surface area contributed by atoms with E-state index in [0.717, 1.165) is 6.42 Å². The van der Waals surface area contributed by atoms with Crippen LogP contribution in [0.5, 0.6) is 5.75 Å². The summed E-state index contributed by atoms with van der Waals surface area (Å²) in [5.74, 6) is 0.252. The van der Waals surface area contributed by atoms with Crippen molar-refractivity contribution in [3.05, 3.63) is 29.8 Å². The van der Waals surface area contributed by atoms with Crippen LogP contribution >= 0.6 is 0 Å². The number of methoxy groups -OCH3 is 1. The first-order valence-electron chi connectivity index (χ1n) is 9.08. The van der Waals surface area contributed by atoms with Gasteiger partial charge in [0, 0.05) is 12.6 Å². The zero-order chi connectivity index (χ0) is 20.2. The van der Waals surface area contributed by atoms with Crippen molar-refractivity contribution in [2.24, 2.45) is 0 Å². The molecule has 0 N–H and O–H groups in total. The van der Waals surface area contributed by atoms with Crippen molar-refractivity contribution in [3.8, 4) is 5.75 Å². The van der Waals surface area contributed by atoms with Gasteiger partial charge >= 0.3 is 12.1 Å². The summed E-state index contributed by atoms with van der Waals surface area (Å²) in [5.41, 5.74) is -0.0728. The van der Waals surface area contributed by atoms with Crippen LogP contribution in [0.2, 0.25) is 0 Å². The van der Waals surface area contributed by atoms with Crippen molar-refractivity contribution in [1.82, 2.24) is 9.80 Å². The molecule has 2 atom stereocenters. The van der Waals surface area contributed by atoms with E-state index in [2.05, 4.69) is 9.64 Å². The second-order valence-electron chi connectivity index (χ2n) is 7.97. The minimum absolute atomic E-state index is 0.0764. The molecule has 1 aliphatic heterocycles. The minimum atomic E-state index is -0.539. The van der Waals surface area contributed by atoms with Gasteiger partial charge in [-0.15, -0.1) is 0 Å². The van der Waals surface area contributed by atoms with E-state index >= 15 is 0 Å². The number of likely N-dealkylation sites (tertiary alicyclic amines) is 1. The molecule has 0 bridgehead atoms. The zero-order valence-corrected chi connectivity index (χ0v) is 17.0. The highest BCUT2D eigenvalue weighted by atomic mass is 16.6. The van der Waals surface area contributed by atoms with Gasteiger partial charge in [0.2, 0.25) is 0 Å². The standard InChI is InChI=1S/C20H30N2O5/c1-20(2,3)27-19(24)22-12-15(21(4)5)11-16(22)13-26-17-9-7-14(8-10-17)18(23)25-6/h7-10,15-16H,11-13H2,1-6H3/t15-,16-/m0/s1. The van der Waals surface area contributed by atoms with Crippen LogP contribution in [0.25, 0.3) is 0 Å². The molecule has 0 saturated carbocycles. The summed E-state index contributed by atoms with van der Waals surface area (Å²) in [6.07, 6.45) is 0.494. The molecule has 1 aromatic rings. The van der Waals surface area contributed by atoms with E-state index in [-0.39, 0.29) is 24.1 Å². The number of amides is 1. The third-order valence-corrected chi connectivity index (χ3v) is 4.47. The molecule has 0 radical (unpaired) electrons. The number of ether oxygens (including phenoxy) is 3. The molecule has 0 spiro atoms. The van der Waals surface area contributed by atoms with Crippen molar-refractivity contribution < 1.29 is 23.8 Å². The van der Waals surface area contributed by atoms with Crippen LogP contribution in [0.4, 0.5) is 4.79 Å². The number of hydrogen-bond acceptors (Lipinski definition) is 6. The van der Waals surface area contributed by atoms with Crippen molar-refractivity contribution in [2.75, 3.05) is 34.4 Å². The van der Waals surface area contributed by atoms with Crippen LogP contribution in [-0.2, 0) is 9.47 Å². The van der Waals surface area contributed by atoms with Crippen LogP contribution in [-0.4, -0.2) is 73.9 Å². The molecule has 0 aromatic heterocycles. The average molecular weight is 378 g/mol. The van der Waals surface area contributed by atoms with Gasteiger partial charge in [0.05, 0.1) is 18.7 Å². The number of esters is 1. The van der Waals surface area contributed by atoms with Crippen molar-refractivity contribution in [1.29, 1.82) is 0 Å². The topological polar surface area (TPSA) is 68.3 Å². The number of carbonyl (C=O) groups excluding carboxylic acids is 2. The van der Waals surface area contributed by atoms with Gasteiger partial charge in [-0.2, -0.15) is 0 Å². The number of nitrogens with zero attached hydrogens (tertiary/aromatic N) is 2. The minimum Gasteiger partial charge on any atom is -0.491 e. The van der Waals surface area contributed by atoms with Crippen LogP contribution in [0.1, 0.15) is 37.6 Å². The second-order valence-corrected chi connectivity index (χ2v) is 7.97. The quantitative estimate of drug-likeness (QED) is 0.734. The predicted molar refractivity (Wildman–Crippen MR) is 102 cm³/mol. The Morgan fingerprint density at radius 2 is 1.81 bits per heavy atom. The summed E-state index contributed by atoms with van der Waals surface area (Å²) in [4.78, 5) is 27.9. The third-order valence-electron chi connectivity index (χ3n) is 4.47. The van der Waals surface area contributed by atoms with Crippen LogP contribution < -0.4 is 4.74 Å². The Morgan fingerprint density at radius 3 is 2.33 bits per heavy atom. The highest BCUT2D eigenvalue weighted by Crippen LogP contribution is 2.25. The molecule has 0 unspecified atom stereocenters. The molecule has 1 amide bonds. The summed E-state index contributed by atoms with van der Waals surface area (Å²) in [6, 6.07) is 6.94. The first-order chi connectivity index (χ1) is 12.6. The number of likely N-dealkylation sites (N-methyl/N-ethyl adjacent to an activating group) is 1. The van der Waals surface area contributed by atoms with E-state index in [1.165, 1.54) is 7.11 Å². The van der Waals surface area contributed by atoms with Gasteiger partial charge < -0.3 is 24.0 Å². The SMILES string of the molecule is COC(=O)c1ccc(OC[C@@H]2C[C@H](N(C)C)CN2C(=O)OC(C)(C)C)cc1. The molecule has 1 heterocycles. The van der Waals surface area contributed by atoms with E-state index in [9.17, 15) is 9.59 Å². The Bertz CT molecular complexity index is 651. The number of carbonyl (C=O) groups is 2. The lowest BCUT2D eigenvalue weighted by molar-refractivity contribution is 0.0181. The molecule has 7 heteroatoms. The summed E-state index contributed by atoms with van der Waals surface area (Å²) in [6.45, 7) is 6.55. The highest BCUT2D eigenvalue weighted by molar-refractivity contribution is 5.89. The van der Waals surface area contributed by atoms with E-state index in [0.29, 0.717) is 24.5 Å². The maximum absolute atomic E-state index is 12.6. The maximum atomic E-state index is 12.6. The molecular weight excluding hydrogens is 348 g/mol. The number of benzene rings is 1. The predicted octanol–water partition coefficient (Wildman–Crippen LogP) is 2.79. The number of rotatable bonds is 5. The van der Waals surface area contributed by atoms with Crippen LogP contribution in [0.3, 0.4) is 0 Å². The molecule has 1 aliphatic rings. The zero-order valence-electron chi connectivity index (χ0n) is 17.0. The molecule has 7 nitrogen and oxygen atoms in total. The average Bonchev–Trinajstić information content (AvgIpc) is 3.03. The molecule has 27 heavy (non-hydrogen) atoms. The van der Waals surface area contributed by atoms with E-state index < -0.39 is 5.60 Å². The van der Waals surface area contributed by atoms with Crippen molar-refractivity contribution >= 4 is 12.1 Å². The Morgan fingerprint density at radius 1 is 1.19 bits per heavy atom. The van der Waals surface area contributed by atoms with Gasteiger partial charge in [-0.25, -0.2) is 9.59 Å². The first-order valence-corrected chi connectivity index (χ1v) is 9.08. The van der Waals surface area contributed by atoms with Gasteiger partial charge in [-0.1, -0.05) is 0 Å². The summed E-state index contributed by atoms with van der Waals surface area (Å²) >= 11 is 0. The molecule has 2 rings (SSSR count). The lowest BCUT2D eigenvalue weighted by Gasteiger charge is -2.28.